The molecule has 0 radical (unpaired) electrons. The van der Waals surface area contributed by atoms with Crippen molar-refractivity contribution in [2.75, 3.05) is 39.5 Å². The molecule has 0 heterocycles. The maximum Gasteiger partial charge on any atom is 0.337 e. The molecule has 0 amide bonds. The largest absolute Gasteiger partial charge is 0.465 e. The van der Waals surface area contributed by atoms with Crippen molar-refractivity contribution < 1.29 is 38.4 Å². The molecule has 0 spiro atoms. The van der Waals surface area contributed by atoms with Crippen LogP contribution >= 0.6 is 9.24 Å². The van der Waals surface area contributed by atoms with Gasteiger partial charge in [-0.1, -0.05) is 92.1 Å². The monoisotopic (exact) mass is 723 g/mol. The molecule has 1 aromatic carbocycles. The van der Waals surface area contributed by atoms with Gasteiger partial charge in [0.1, 0.15) is 12.0 Å². The molecule has 0 bridgehead atoms. The van der Waals surface area contributed by atoms with Gasteiger partial charge in [0.05, 0.1) is 44.5 Å². The van der Waals surface area contributed by atoms with Crippen molar-refractivity contribution in [2.24, 2.45) is 28.1 Å². The van der Waals surface area contributed by atoms with Crippen LogP contribution in [0.2, 0.25) is 0 Å². The van der Waals surface area contributed by atoms with Crippen molar-refractivity contribution >= 4 is 27.0 Å². The van der Waals surface area contributed by atoms with E-state index < -0.39 is 34.5 Å². The Hall–Kier alpha value is -1.90. The second-order valence-electron chi connectivity index (χ2n) is 16.7. The topological polar surface area (TPSA) is 120 Å². The van der Waals surface area contributed by atoms with E-state index in [1.54, 1.807) is 41.5 Å². The number of aliphatic hydroxyl groups is 1. The minimum Gasteiger partial charge on any atom is -0.465 e. The van der Waals surface area contributed by atoms with Crippen molar-refractivity contribution in [1.29, 1.82) is 0 Å². The average molecular weight is 724 g/mol. The Balaban J connectivity index is 3.00. The number of carbonyl (C=O) groups is 3. The van der Waals surface area contributed by atoms with E-state index in [2.05, 4.69) is 56.1 Å². The fraction of sp³-hybridized carbons (Fsp3) is 0.775. The molecule has 50 heavy (non-hydrogen) atoms. The van der Waals surface area contributed by atoms with E-state index in [4.69, 9.17) is 24.1 Å². The summed E-state index contributed by atoms with van der Waals surface area (Å²) in [6.45, 7) is 24.2. The molecule has 1 aromatic rings. The van der Waals surface area contributed by atoms with Crippen LogP contribution in [-0.2, 0) is 39.9 Å². The number of ether oxygens (including phenoxy) is 4. The predicted octanol–water partition coefficient (Wildman–Crippen LogP) is 7.17. The molecule has 0 fully saturated rings. The van der Waals surface area contributed by atoms with Gasteiger partial charge in [-0.15, -0.1) is 9.24 Å². The van der Waals surface area contributed by atoms with Crippen molar-refractivity contribution in [3.05, 3.63) is 35.9 Å². The number of nitrogens with one attached hydrogen (secondary N) is 1. The molecular formula is C40H70NO8P. The Kier molecular flexibility index (Phi) is 18.8. The summed E-state index contributed by atoms with van der Waals surface area (Å²) < 4.78 is 23.7. The number of aliphatic hydroxyl groups excluding tert-OH is 1. The molecule has 2 N–H and O–H groups in total. The molecule has 0 aliphatic rings. The maximum absolute atomic E-state index is 13.8. The zero-order chi connectivity index (χ0) is 38.4. The normalized spacial score (nSPS) is 16.3. The lowest BCUT2D eigenvalue weighted by atomic mass is 9.76. The van der Waals surface area contributed by atoms with Gasteiger partial charge < -0.3 is 29.4 Å². The van der Waals surface area contributed by atoms with Gasteiger partial charge in [-0.05, 0) is 74.9 Å². The zero-order valence-corrected chi connectivity index (χ0v) is 34.4. The Morgan fingerprint density at radius 3 is 2.06 bits per heavy atom. The van der Waals surface area contributed by atoms with Gasteiger partial charge in [0.25, 0.3) is 0 Å². The van der Waals surface area contributed by atoms with E-state index in [1.165, 1.54) is 0 Å². The number of benzene rings is 1. The molecule has 0 aliphatic carbocycles. The van der Waals surface area contributed by atoms with Crippen molar-refractivity contribution in [3.8, 4) is 0 Å². The summed E-state index contributed by atoms with van der Waals surface area (Å²) in [5, 5.41) is 11.8. The van der Waals surface area contributed by atoms with E-state index in [1.807, 2.05) is 30.3 Å². The second kappa shape index (κ2) is 20.4. The van der Waals surface area contributed by atoms with Crippen LogP contribution in [0.4, 0.5) is 0 Å². The van der Waals surface area contributed by atoms with Gasteiger partial charge in [0.2, 0.25) is 0 Å². The molecule has 5 atom stereocenters. The molecule has 9 nitrogen and oxygen atoms in total. The summed E-state index contributed by atoms with van der Waals surface area (Å²) in [6, 6.07) is 9.54. The number of Topliss-reactive ketones (excluding diaryl/α,β-unsaturated/α-hetero) is 1. The molecule has 0 aromatic heterocycles. The van der Waals surface area contributed by atoms with Crippen LogP contribution in [0.15, 0.2) is 30.3 Å². The first kappa shape index (κ1) is 46.1. The fourth-order valence-corrected chi connectivity index (χ4v) is 5.26. The summed E-state index contributed by atoms with van der Waals surface area (Å²) in [5.74, 6) is -0.226. The number of esters is 2. The van der Waals surface area contributed by atoms with E-state index >= 15 is 0 Å². The van der Waals surface area contributed by atoms with Crippen LogP contribution in [0.25, 0.3) is 0 Å². The quantitative estimate of drug-likeness (QED) is 0.0615. The molecule has 288 valence electrons. The first-order chi connectivity index (χ1) is 23.0. The van der Waals surface area contributed by atoms with Crippen LogP contribution in [0, 0.1) is 28.1 Å². The SMILES string of the molecule is CC(C)C(C)(C)CCCC(C)C(C)(P)CCOC(=O)C(C)(COC(=O)C(C)(C)OCc1ccccc1)COC(C)C(C)(C)C(=O)CNCCO. The van der Waals surface area contributed by atoms with Crippen LogP contribution in [0.5, 0.6) is 0 Å². The third kappa shape index (κ3) is 15.0. The van der Waals surface area contributed by atoms with Crippen molar-refractivity contribution in [2.45, 2.75) is 132 Å². The van der Waals surface area contributed by atoms with E-state index in [-0.39, 0.29) is 50.5 Å². The lowest BCUT2D eigenvalue weighted by Crippen LogP contribution is -2.47. The molecule has 0 saturated carbocycles. The highest BCUT2D eigenvalue weighted by Gasteiger charge is 2.42. The lowest BCUT2D eigenvalue weighted by molar-refractivity contribution is -0.182. The Labute approximate surface area is 305 Å². The lowest BCUT2D eigenvalue weighted by Gasteiger charge is -2.35. The summed E-state index contributed by atoms with van der Waals surface area (Å²) in [7, 11) is 2.97. The average Bonchev–Trinajstić information content (AvgIpc) is 3.05. The van der Waals surface area contributed by atoms with E-state index in [0.29, 0.717) is 30.2 Å². The third-order valence-electron chi connectivity index (χ3n) is 10.9. The maximum atomic E-state index is 13.8. The van der Waals surface area contributed by atoms with Crippen LogP contribution < -0.4 is 5.32 Å². The van der Waals surface area contributed by atoms with Gasteiger partial charge >= 0.3 is 11.9 Å². The molecule has 5 unspecified atom stereocenters. The molecular weight excluding hydrogens is 653 g/mol. The number of ketones is 1. The zero-order valence-electron chi connectivity index (χ0n) is 33.3. The van der Waals surface area contributed by atoms with Gasteiger partial charge in [-0.3, -0.25) is 9.59 Å². The van der Waals surface area contributed by atoms with Crippen LogP contribution in [0.1, 0.15) is 114 Å². The standard InChI is InChI=1S/C40H70NO8P/c1-29(2)36(5,6)20-16-17-30(3)40(12,50)21-24-46-35(45)39(11,27-47-31(4)37(7,8)33(43)25-41-22-23-42)28-48-34(44)38(9,10)49-26-32-18-14-13-15-19-32/h13-15,18-19,29-31,41-42H,16-17,20-28,50H2,1-12H3. The minimum atomic E-state index is -1.35. The number of carbonyl (C=O) groups excluding carboxylic acids is 3. The van der Waals surface area contributed by atoms with Gasteiger partial charge in [-0.25, -0.2) is 4.79 Å². The molecule has 0 saturated heterocycles. The van der Waals surface area contributed by atoms with E-state index in [9.17, 15) is 14.4 Å². The smallest absolute Gasteiger partial charge is 0.337 e. The van der Waals surface area contributed by atoms with Crippen LogP contribution in [-0.4, -0.2) is 79.2 Å². The summed E-state index contributed by atoms with van der Waals surface area (Å²) in [5.41, 5.74) is -2.30. The fourth-order valence-electron chi connectivity index (χ4n) is 4.97. The highest BCUT2D eigenvalue weighted by molar-refractivity contribution is 7.18. The number of hydrogen-bond acceptors (Lipinski definition) is 9. The first-order valence-electron chi connectivity index (χ1n) is 18.3. The third-order valence-corrected chi connectivity index (χ3v) is 11.8. The highest BCUT2D eigenvalue weighted by Crippen LogP contribution is 2.38. The minimum absolute atomic E-state index is 0.0710. The predicted molar refractivity (Wildman–Crippen MR) is 204 cm³/mol. The highest BCUT2D eigenvalue weighted by atomic mass is 31.0. The van der Waals surface area contributed by atoms with Crippen molar-refractivity contribution in [1.82, 2.24) is 5.32 Å². The number of rotatable bonds is 25. The summed E-state index contributed by atoms with van der Waals surface area (Å²) in [6.07, 6.45) is 3.45. The van der Waals surface area contributed by atoms with Gasteiger partial charge in [0, 0.05) is 6.54 Å². The molecule has 1 rings (SSSR count). The Morgan fingerprint density at radius 1 is 0.860 bits per heavy atom. The summed E-state index contributed by atoms with van der Waals surface area (Å²) in [4.78, 5) is 40.0. The Morgan fingerprint density at radius 2 is 1.48 bits per heavy atom. The summed E-state index contributed by atoms with van der Waals surface area (Å²) >= 11 is 0. The van der Waals surface area contributed by atoms with Crippen LogP contribution in [0.3, 0.4) is 0 Å². The molecule has 0 aliphatic heterocycles. The number of hydrogen-bond donors (Lipinski definition) is 2. The van der Waals surface area contributed by atoms with Gasteiger partial charge in [-0.2, -0.15) is 0 Å². The second-order valence-corrected chi connectivity index (χ2v) is 18.1. The first-order valence-corrected chi connectivity index (χ1v) is 18.9. The van der Waals surface area contributed by atoms with Gasteiger partial charge in [0.15, 0.2) is 11.4 Å². The van der Waals surface area contributed by atoms with Crippen molar-refractivity contribution in [3.63, 3.8) is 0 Å². The Bertz CT molecular complexity index is 1180. The molecule has 10 heteroatoms. The van der Waals surface area contributed by atoms with E-state index in [0.717, 1.165) is 24.8 Å².